The van der Waals surface area contributed by atoms with Crippen molar-refractivity contribution >= 4 is 5.91 Å². The van der Waals surface area contributed by atoms with Gasteiger partial charge in [0.15, 0.2) is 0 Å². The number of nitrogens with zero attached hydrogens (tertiary/aromatic N) is 2. The molecule has 2 unspecified atom stereocenters. The van der Waals surface area contributed by atoms with Gasteiger partial charge in [0, 0.05) is 38.2 Å². The summed E-state index contributed by atoms with van der Waals surface area (Å²) >= 11 is 0. The largest absolute Gasteiger partial charge is 0.396 e. The molecule has 0 saturated carbocycles. The van der Waals surface area contributed by atoms with Gasteiger partial charge in [-0.1, -0.05) is 31.2 Å². The molecule has 3 N–H and O–H groups in total. The number of benzene rings is 1. The van der Waals surface area contributed by atoms with E-state index >= 15 is 0 Å². The predicted molar refractivity (Wildman–Crippen MR) is 102 cm³/mol. The Kier molecular flexibility index (Phi) is 6.29. The van der Waals surface area contributed by atoms with Gasteiger partial charge in [-0.2, -0.15) is 0 Å². The first kappa shape index (κ1) is 19.3. The molecule has 1 aromatic rings. The van der Waals surface area contributed by atoms with Crippen LogP contribution >= 0.6 is 0 Å². The summed E-state index contributed by atoms with van der Waals surface area (Å²) < 4.78 is 0. The third-order valence-electron chi connectivity index (χ3n) is 5.71. The van der Waals surface area contributed by atoms with Crippen LogP contribution in [0, 0.1) is 11.8 Å². The first-order valence-electron chi connectivity index (χ1n) is 9.66. The van der Waals surface area contributed by atoms with Gasteiger partial charge < -0.3 is 14.9 Å². The second-order valence-electron chi connectivity index (χ2n) is 7.93. The number of nitrogens with one attached hydrogen (secondary N) is 2. The van der Waals surface area contributed by atoms with Crippen LogP contribution in [0.1, 0.15) is 30.5 Å². The molecule has 0 aromatic heterocycles. The van der Waals surface area contributed by atoms with E-state index < -0.39 is 0 Å². The standard InChI is InChI=1S/C20H32N4O2/c1-4-14-5-7-15(8-6-14)18-9-19(22-21-18)20(26)24-11-16(10-23(2)3)17(12-24)13-25/h5-8,16-19,21-22,25H,4,9-13H2,1-3H3/t16-,17-,18?,19?/m1/s1. The summed E-state index contributed by atoms with van der Waals surface area (Å²) in [5.74, 6) is 0.656. The Labute approximate surface area is 156 Å². The van der Waals surface area contributed by atoms with Gasteiger partial charge in [0.1, 0.15) is 6.04 Å². The smallest absolute Gasteiger partial charge is 0.241 e. The van der Waals surface area contributed by atoms with Crippen LogP contribution in [0.4, 0.5) is 0 Å². The Morgan fingerprint density at radius 1 is 1.19 bits per heavy atom. The lowest BCUT2D eigenvalue weighted by Gasteiger charge is -2.21. The van der Waals surface area contributed by atoms with Crippen molar-refractivity contribution in [3.63, 3.8) is 0 Å². The van der Waals surface area contributed by atoms with Gasteiger partial charge in [-0.05, 0) is 44.0 Å². The van der Waals surface area contributed by atoms with E-state index in [1.165, 1.54) is 11.1 Å². The Morgan fingerprint density at radius 2 is 1.88 bits per heavy atom. The Hall–Kier alpha value is -1.47. The van der Waals surface area contributed by atoms with Crippen LogP contribution in [0.5, 0.6) is 0 Å². The number of hydrogen-bond acceptors (Lipinski definition) is 5. The average Bonchev–Trinajstić information content (AvgIpc) is 3.28. The van der Waals surface area contributed by atoms with E-state index in [0.717, 1.165) is 25.9 Å². The first-order chi connectivity index (χ1) is 12.5. The highest BCUT2D eigenvalue weighted by molar-refractivity contribution is 5.82. The molecule has 26 heavy (non-hydrogen) atoms. The minimum absolute atomic E-state index is 0.143. The molecule has 4 atom stereocenters. The summed E-state index contributed by atoms with van der Waals surface area (Å²) in [7, 11) is 4.07. The summed E-state index contributed by atoms with van der Waals surface area (Å²) in [6, 6.07) is 8.56. The maximum Gasteiger partial charge on any atom is 0.241 e. The molecule has 144 valence electrons. The molecule has 2 aliphatic rings. The number of likely N-dealkylation sites (tertiary alicyclic amines) is 1. The molecule has 0 bridgehead atoms. The Morgan fingerprint density at radius 3 is 2.50 bits per heavy atom. The number of aryl methyl sites for hydroxylation is 1. The molecule has 0 spiro atoms. The van der Waals surface area contributed by atoms with Gasteiger partial charge >= 0.3 is 0 Å². The van der Waals surface area contributed by atoms with E-state index in [2.05, 4.69) is 46.9 Å². The van der Waals surface area contributed by atoms with Gasteiger partial charge in [-0.25, -0.2) is 10.9 Å². The fourth-order valence-electron chi connectivity index (χ4n) is 4.14. The lowest BCUT2D eigenvalue weighted by Crippen LogP contribution is -2.45. The fourth-order valence-corrected chi connectivity index (χ4v) is 4.14. The van der Waals surface area contributed by atoms with Crippen LogP contribution in [0.25, 0.3) is 0 Å². The SMILES string of the molecule is CCc1ccc(C2CC(C(=O)N3C[C@@H](CN(C)C)[C@@H](CO)C3)NN2)cc1. The number of amides is 1. The molecule has 2 heterocycles. The number of carbonyl (C=O) groups excluding carboxylic acids is 1. The Balaban J connectivity index is 1.58. The second kappa shape index (κ2) is 8.48. The third kappa shape index (κ3) is 4.26. The fraction of sp³-hybridized carbons (Fsp3) is 0.650. The van der Waals surface area contributed by atoms with Crippen molar-refractivity contribution < 1.29 is 9.90 Å². The molecule has 1 amide bonds. The molecule has 0 aliphatic carbocycles. The summed E-state index contributed by atoms with van der Waals surface area (Å²) in [4.78, 5) is 17.0. The minimum Gasteiger partial charge on any atom is -0.396 e. The van der Waals surface area contributed by atoms with Crippen LogP contribution in [0.3, 0.4) is 0 Å². The van der Waals surface area contributed by atoms with E-state index in [-0.39, 0.29) is 30.5 Å². The highest BCUT2D eigenvalue weighted by atomic mass is 16.3. The molecule has 2 aliphatic heterocycles. The summed E-state index contributed by atoms with van der Waals surface area (Å²) in [5.41, 5.74) is 9.00. The van der Waals surface area contributed by atoms with Crippen molar-refractivity contribution in [2.45, 2.75) is 31.8 Å². The summed E-state index contributed by atoms with van der Waals surface area (Å²) in [5, 5.41) is 9.66. The number of hydrazine groups is 1. The van der Waals surface area contributed by atoms with E-state index in [0.29, 0.717) is 12.5 Å². The topological polar surface area (TPSA) is 67.8 Å². The molecule has 6 heteroatoms. The maximum atomic E-state index is 12.9. The lowest BCUT2D eigenvalue weighted by atomic mass is 9.97. The van der Waals surface area contributed by atoms with Crippen LogP contribution in [0.15, 0.2) is 24.3 Å². The van der Waals surface area contributed by atoms with Gasteiger partial charge in [0.05, 0.1) is 0 Å². The zero-order valence-corrected chi connectivity index (χ0v) is 16.1. The predicted octanol–water partition coefficient (Wildman–Crippen LogP) is 0.785. The number of aliphatic hydroxyl groups is 1. The molecular weight excluding hydrogens is 328 g/mol. The number of rotatable bonds is 6. The van der Waals surface area contributed by atoms with Gasteiger partial charge in [-0.3, -0.25) is 4.79 Å². The van der Waals surface area contributed by atoms with Gasteiger partial charge in [0.25, 0.3) is 0 Å². The zero-order valence-electron chi connectivity index (χ0n) is 16.1. The number of carbonyl (C=O) groups is 1. The van der Waals surface area contributed by atoms with Crippen molar-refractivity contribution in [2.75, 3.05) is 40.3 Å². The monoisotopic (exact) mass is 360 g/mol. The summed E-state index contributed by atoms with van der Waals surface area (Å²) in [6.45, 7) is 4.58. The average molecular weight is 361 g/mol. The van der Waals surface area contributed by atoms with Crippen molar-refractivity contribution in [3.05, 3.63) is 35.4 Å². The number of hydrogen-bond donors (Lipinski definition) is 3. The summed E-state index contributed by atoms with van der Waals surface area (Å²) in [6.07, 6.45) is 1.79. The molecule has 2 fully saturated rings. The van der Waals surface area contributed by atoms with Gasteiger partial charge in [0.2, 0.25) is 5.91 Å². The van der Waals surface area contributed by atoms with Crippen LogP contribution in [-0.4, -0.2) is 67.2 Å². The normalized spacial score (nSPS) is 28.9. The van der Waals surface area contributed by atoms with E-state index in [1.807, 2.05) is 19.0 Å². The van der Waals surface area contributed by atoms with Crippen molar-refractivity contribution in [1.82, 2.24) is 20.7 Å². The quantitative estimate of drug-likeness (QED) is 0.700. The van der Waals surface area contributed by atoms with Crippen molar-refractivity contribution in [3.8, 4) is 0 Å². The van der Waals surface area contributed by atoms with Crippen LogP contribution in [0.2, 0.25) is 0 Å². The van der Waals surface area contributed by atoms with E-state index in [4.69, 9.17) is 0 Å². The minimum atomic E-state index is -0.205. The maximum absolute atomic E-state index is 12.9. The molecule has 3 rings (SSSR count). The van der Waals surface area contributed by atoms with Gasteiger partial charge in [-0.15, -0.1) is 0 Å². The molecule has 6 nitrogen and oxygen atoms in total. The van der Waals surface area contributed by atoms with Crippen molar-refractivity contribution in [1.29, 1.82) is 0 Å². The molecule has 0 radical (unpaired) electrons. The highest BCUT2D eigenvalue weighted by Crippen LogP contribution is 2.28. The second-order valence-corrected chi connectivity index (χ2v) is 7.93. The van der Waals surface area contributed by atoms with E-state index in [1.54, 1.807) is 0 Å². The zero-order chi connectivity index (χ0) is 18.7. The van der Waals surface area contributed by atoms with E-state index in [9.17, 15) is 9.90 Å². The first-order valence-corrected chi connectivity index (χ1v) is 9.66. The highest BCUT2D eigenvalue weighted by Gasteiger charge is 2.39. The third-order valence-corrected chi connectivity index (χ3v) is 5.71. The molecule has 1 aromatic carbocycles. The lowest BCUT2D eigenvalue weighted by molar-refractivity contribution is -0.132. The molecule has 2 saturated heterocycles. The Bertz CT molecular complexity index is 604. The number of aliphatic hydroxyl groups excluding tert-OH is 1. The van der Waals surface area contributed by atoms with Crippen LogP contribution in [-0.2, 0) is 11.2 Å². The van der Waals surface area contributed by atoms with Crippen molar-refractivity contribution in [2.24, 2.45) is 11.8 Å². The molecular formula is C20H32N4O2. The van der Waals surface area contributed by atoms with Crippen LogP contribution < -0.4 is 10.9 Å².